The minimum absolute atomic E-state index is 0.0410. The Hall–Kier alpha value is -1.88. The van der Waals surface area contributed by atoms with Crippen LogP contribution in [0.3, 0.4) is 0 Å². The highest BCUT2D eigenvalue weighted by molar-refractivity contribution is 7.07. The highest BCUT2D eigenvalue weighted by Crippen LogP contribution is 2.15. The molecule has 0 saturated carbocycles. The maximum Gasteiger partial charge on any atom is 0.253 e. The third kappa shape index (κ3) is 2.82. The van der Waals surface area contributed by atoms with Crippen LogP contribution in [0, 0.1) is 0 Å². The number of aromatic nitrogens is 1. The molecule has 0 fully saturated rings. The molecule has 0 aromatic carbocycles. The predicted octanol–water partition coefficient (Wildman–Crippen LogP) is 1.93. The number of hydrogen-bond acceptors (Lipinski definition) is 3. The van der Waals surface area contributed by atoms with E-state index in [2.05, 4.69) is 10.3 Å². The lowest BCUT2D eigenvalue weighted by Crippen LogP contribution is -2.26. The molecule has 0 spiro atoms. The number of aromatic amines is 1. The Morgan fingerprint density at radius 3 is 2.82 bits per heavy atom. The molecule has 0 radical (unpaired) electrons. The van der Waals surface area contributed by atoms with Crippen LogP contribution in [0.5, 0.6) is 0 Å². The summed E-state index contributed by atoms with van der Waals surface area (Å²) >= 11 is 1.59. The van der Waals surface area contributed by atoms with Crippen molar-refractivity contribution in [3.63, 3.8) is 0 Å². The van der Waals surface area contributed by atoms with Crippen LogP contribution in [0.2, 0.25) is 0 Å². The lowest BCUT2D eigenvalue weighted by atomic mass is 10.1. The summed E-state index contributed by atoms with van der Waals surface area (Å²) in [7, 11) is 0. The predicted molar refractivity (Wildman–Crippen MR) is 67.3 cm³/mol. The number of hydrogen-bond donors (Lipinski definition) is 2. The number of nitrogens with one attached hydrogen (secondary N) is 2. The number of pyridine rings is 1. The standard InChI is InChI=1S/C12H12N2O2S/c1-8(10-4-5-17-7-10)14-12(16)9-2-3-11(15)13-6-9/h2-8H,1H3,(H,13,15)(H,14,16). The third-order valence-electron chi connectivity index (χ3n) is 2.44. The normalized spacial score (nSPS) is 12.1. The maximum atomic E-state index is 11.8. The SMILES string of the molecule is CC(NC(=O)c1ccc(=O)[nH]c1)c1ccsc1. The molecule has 0 aliphatic carbocycles. The Balaban J connectivity index is 2.07. The van der Waals surface area contributed by atoms with Crippen LogP contribution in [-0.4, -0.2) is 10.9 Å². The van der Waals surface area contributed by atoms with Crippen LogP contribution in [0.4, 0.5) is 0 Å². The quantitative estimate of drug-likeness (QED) is 0.871. The van der Waals surface area contributed by atoms with Crippen LogP contribution in [-0.2, 0) is 0 Å². The summed E-state index contributed by atoms with van der Waals surface area (Å²) in [5, 5.41) is 6.83. The van der Waals surface area contributed by atoms with E-state index in [9.17, 15) is 9.59 Å². The fraction of sp³-hybridized carbons (Fsp3) is 0.167. The number of rotatable bonds is 3. The van der Waals surface area contributed by atoms with Crippen LogP contribution in [0.1, 0.15) is 28.9 Å². The molecule has 2 rings (SSSR count). The van der Waals surface area contributed by atoms with E-state index in [1.54, 1.807) is 11.3 Å². The molecule has 1 atom stereocenters. The molecule has 2 aromatic rings. The third-order valence-corrected chi connectivity index (χ3v) is 3.14. The first-order valence-corrected chi connectivity index (χ1v) is 6.13. The monoisotopic (exact) mass is 248 g/mol. The number of carbonyl (C=O) groups excluding carboxylic acids is 1. The van der Waals surface area contributed by atoms with Gasteiger partial charge in [-0.15, -0.1) is 0 Å². The van der Waals surface area contributed by atoms with E-state index >= 15 is 0 Å². The first-order chi connectivity index (χ1) is 8.16. The average Bonchev–Trinajstić information content (AvgIpc) is 2.83. The van der Waals surface area contributed by atoms with Crippen molar-refractivity contribution in [1.82, 2.24) is 10.3 Å². The zero-order valence-electron chi connectivity index (χ0n) is 9.27. The van der Waals surface area contributed by atoms with Crippen molar-refractivity contribution in [2.24, 2.45) is 0 Å². The summed E-state index contributed by atoms with van der Waals surface area (Å²) in [5.41, 5.74) is 1.31. The van der Waals surface area contributed by atoms with Gasteiger partial charge in [-0.2, -0.15) is 11.3 Å². The van der Waals surface area contributed by atoms with Crippen molar-refractivity contribution in [3.05, 3.63) is 56.6 Å². The molecule has 2 aromatic heterocycles. The summed E-state index contributed by atoms with van der Waals surface area (Å²) in [4.78, 5) is 25.2. The zero-order chi connectivity index (χ0) is 12.3. The molecule has 0 saturated heterocycles. The topological polar surface area (TPSA) is 62.0 Å². The van der Waals surface area contributed by atoms with Crippen molar-refractivity contribution in [2.45, 2.75) is 13.0 Å². The summed E-state index contributed by atoms with van der Waals surface area (Å²) in [5.74, 6) is -0.194. The van der Waals surface area contributed by atoms with Gasteiger partial charge in [0.2, 0.25) is 5.56 Å². The van der Waals surface area contributed by atoms with E-state index in [1.165, 1.54) is 18.3 Å². The van der Waals surface area contributed by atoms with E-state index in [4.69, 9.17) is 0 Å². The second kappa shape index (κ2) is 4.97. The molecular weight excluding hydrogens is 236 g/mol. The number of H-pyrrole nitrogens is 1. The molecule has 0 aliphatic heterocycles. The molecular formula is C12H12N2O2S. The van der Waals surface area contributed by atoms with Gasteiger partial charge < -0.3 is 10.3 Å². The van der Waals surface area contributed by atoms with E-state index in [0.29, 0.717) is 5.56 Å². The van der Waals surface area contributed by atoms with Crippen molar-refractivity contribution in [2.75, 3.05) is 0 Å². The van der Waals surface area contributed by atoms with Gasteiger partial charge in [-0.1, -0.05) is 0 Å². The molecule has 1 amide bonds. The molecule has 2 heterocycles. The highest BCUT2D eigenvalue weighted by atomic mass is 32.1. The van der Waals surface area contributed by atoms with Crippen molar-refractivity contribution < 1.29 is 4.79 Å². The van der Waals surface area contributed by atoms with E-state index < -0.39 is 0 Å². The van der Waals surface area contributed by atoms with Gasteiger partial charge in [0.05, 0.1) is 11.6 Å². The Morgan fingerprint density at radius 2 is 2.24 bits per heavy atom. The second-order valence-corrected chi connectivity index (χ2v) is 4.47. The smallest absolute Gasteiger partial charge is 0.253 e. The van der Waals surface area contributed by atoms with Gasteiger partial charge >= 0.3 is 0 Å². The molecule has 4 nitrogen and oxygen atoms in total. The van der Waals surface area contributed by atoms with E-state index in [0.717, 1.165) is 5.56 Å². The van der Waals surface area contributed by atoms with Gasteiger partial charge in [0, 0.05) is 12.3 Å². The fourth-order valence-corrected chi connectivity index (χ4v) is 2.19. The van der Waals surface area contributed by atoms with Crippen LogP contribution in [0.25, 0.3) is 0 Å². The van der Waals surface area contributed by atoms with Gasteiger partial charge in [0.25, 0.3) is 5.91 Å². The fourth-order valence-electron chi connectivity index (χ4n) is 1.44. The van der Waals surface area contributed by atoms with E-state index in [-0.39, 0.29) is 17.5 Å². The molecule has 1 unspecified atom stereocenters. The van der Waals surface area contributed by atoms with Crippen molar-refractivity contribution in [1.29, 1.82) is 0 Å². The Bertz CT molecular complexity index is 540. The number of thiophene rings is 1. The molecule has 2 N–H and O–H groups in total. The summed E-state index contributed by atoms with van der Waals surface area (Å²) < 4.78 is 0. The van der Waals surface area contributed by atoms with Gasteiger partial charge in [-0.25, -0.2) is 0 Å². The van der Waals surface area contributed by atoms with Crippen molar-refractivity contribution in [3.8, 4) is 0 Å². The van der Waals surface area contributed by atoms with Gasteiger partial charge in [-0.3, -0.25) is 9.59 Å². The first kappa shape index (κ1) is 11.6. The number of carbonyl (C=O) groups is 1. The van der Waals surface area contributed by atoms with Crippen LogP contribution >= 0.6 is 11.3 Å². The summed E-state index contributed by atoms with van der Waals surface area (Å²) in [6, 6.07) is 4.78. The average molecular weight is 248 g/mol. The molecule has 0 aliphatic rings. The van der Waals surface area contributed by atoms with Gasteiger partial charge in [0.1, 0.15) is 0 Å². The lowest BCUT2D eigenvalue weighted by Gasteiger charge is -2.12. The Kier molecular flexibility index (Phi) is 3.39. The second-order valence-electron chi connectivity index (χ2n) is 3.69. The molecule has 17 heavy (non-hydrogen) atoms. The molecule has 5 heteroatoms. The van der Waals surface area contributed by atoms with Crippen LogP contribution in [0.15, 0.2) is 40.0 Å². The van der Waals surface area contributed by atoms with E-state index in [1.807, 2.05) is 23.8 Å². The maximum absolute atomic E-state index is 11.8. The van der Waals surface area contributed by atoms with Gasteiger partial charge in [-0.05, 0) is 35.4 Å². The van der Waals surface area contributed by atoms with Crippen LogP contribution < -0.4 is 10.9 Å². The minimum Gasteiger partial charge on any atom is -0.345 e. The zero-order valence-corrected chi connectivity index (χ0v) is 10.1. The largest absolute Gasteiger partial charge is 0.345 e. The van der Waals surface area contributed by atoms with Crippen molar-refractivity contribution >= 4 is 17.2 Å². The Labute approximate surface area is 102 Å². The minimum atomic E-state index is -0.215. The lowest BCUT2D eigenvalue weighted by molar-refractivity contribution is 0.0939. The summed E-state index contributed by atoms with van der Waals surface area (Å²) in [6.07, 6.45) is 1.41. The summed E-state index contributed by atoms with van der Waals surface area (Å²) in [6.45, 7) is 1.92. The molecule has 88 valence electrons. The number of amides is 1. The first-order valence-electron chi connectivity index (χ1n) is 5.18. The highest BCUT2D eigenvalue weighted by Gasteiger charge is 2.11. The molecule has 0 bridgehead atoms. The van der Waals surface area contributed by atoms with Gasteiger partial charge in [0.15, 0.2) is 0 Å². The Morgan fingerprint density at radius 1 is 1.41 bits per heavy atom.